The van der Waals surface area contributed by atoms with Crippen LogP contribution in [0, 0.1) is 5.41 Å². The molecule has 1 aliphatic heterocycles. The van der Waals surface area contributed by atoms with Gasteiger partial charge in [0.05, 0.1) is 6.04 Å². The van der Waals surface area contributed by atoms with Crippen molar-refractivity contribution in [1.82, 2.24) is 5.32 Å². The number of ether oxygens (including phenoxy) is 1. The maximum absolute atomic E-state index is 11.3. The van der Waals surface area contributed by atoms with Gasteiger partial charge in [-0.3, -0.25) is 0 Å². The van der Waals surface area contributed by atoms with Gasteiger partial charge in [-0.15, -0.1) is 0 Å². The fourth-order valence-corrected chi connectivity index (χ4v) is 2.58. The molecule has 0 aliphatic carbocycles. The highest BCUT2D eigenvalue weighted by Gasteiger charge is 2.38. The largest absolute Gasteiger partial charge is 0.449 e. The highest BCUT2D eigenvalue weighted by atomic mass is 79.9. The van der Waals surface area contributed by atoms with Crippen LogP contribution in [0.5, 0.6) is 0 Å². The quantitative estimate of drug-likeness (QED) is 0.852. The maximum Gasteiger partial charge on any atom is 0.407 e. The first kappa shape index (κ1) is 12.7. The number of rotatable bonds is 1. The molecule has 0 aromatic heterocycles. The molecule has 5 heteroatoms. The number of carbonyl (C=O) groups is 1. The Kier molecular flexibility index (Phi) is 3.36. The predicted octanol–water partition coefficient (Wildman–Crippen LogP) is 3.91. The van der Waals surface area contributed by atoms with Gasteiger partial charge in [-0.25, -0.2) is 4.79 Å². The summed E-state index contributed by atoms with van der Waals surface area (Å²) in [6.45, 7) is 4.48. The molecule has 1 fully saturated rings. The molecule has 1 amide bonds. The third kappa shape index (κ3) is 2.58. The monoisotopic (exact) mass is 317 g/mol. The Morgan fingerprint density at radius 3 is 2.94 bits per heavy atom. The van der Waals surface area contributed by atoms with E-state index in [1.54, 1.807) is 0 Å². The number of amides is 1. The minimum Gasteiger partial charge on any atom is -0.449 e. The highest BCUT2D eigenvalue weighted by Crippen LogP contribution is 2.40. The van der Waals surface area contributed by atoms with Crippen LogP contribution >= 0.6 is 27.5 Å². The predicted molar refractivity (Wildman–Crippen MR) is 70.2 cm³/mol. The van der Waals surface area contributed by atoms with Gasteiger partial charge in [0.1, 0.15) is 6.61 Å². The third-order valence-electron chi connectivity index (χ3n) is 2.89. The van der Waals surface area contributed by atoms with Gasteiger partial charge in [0, 0.05) is 14.9 Å². The Morgan fingerprint density at radius 1 is 1.53 bits per heavy atom. The smallest absolute Gasteiger partial charge is 0.407 e. The highest BCUT2D eigenvalue weighted by molar-refractivity contribution is 9.10. The van der Waals surface area contributed by atoms with Crippen LogP contribution in [-0.2, 0) is 4.74 Å². The molecule has 1 saturated heterocycles. The number of benzene rings is 1. The summed E-state index contributed by atoms with van der Waals surface area (Å²) in [4.78, 5) is 11.3. The van der Waals surface area contributed by atoms with Crippen molar-refractivity contribution in [3.05, 3.63) is 33.3 Å². The Labute approximate surface area is 114 Å². The van der Waals surface area contributed by atoms with Crippen LogP contribution in [-0.4, -0.2) is 12.7 Å². The molecule has 1 heterocycles. The van der Waals surface area contributed by atoms with Crippen molar-refractivity contribution in [2.45, 2.75) is 19.9 Å². The standard InChI is InChI=1S/C12H13BrClNO2/c1-12(2)6-17-11(16)15-10(12)8-5-7(14)3-4-9(8)13/h3-5,10H,6H2,1-2H3,(H,15,16)/t10-/m0/s1. The van der Waals surface area contributed by atoms with Gasteiger partial charge in [-0.2, -0.15) is 0 Å². The zero-order valence-electron chi connectivity index (χ0n) is 9.59. The number of halogens is 2. The van der Waals surface area contributed by atoms with E-state index in [0.29, 0.717) is 11.6 Å². The van der Waals surface area contributed by atoms with Gasteiger partial charge in [-0.05, 0) is 23.8 Å². The van der Waals surface area contributed by atoms with E-state index in [1.165, 1.54) is 0 Å². The molecule has 92 valence electrons. The lowest BCUT2D eigenvalue weighted by Gasteiger charge is -2.39. The molecule has 1 N–H and O–H groups in total. The molecular formula is C12H13BrClNO2. The first-order valence-electron chi connectivity index (χ1n) is 5.28. The summed E-state index contributed by atoms with van der Waals surface area (Å²) in [5, 5.41) is 3.49. The first-order chi connectivity index (χ1) is 7.90. The van der Waals surface area contributed by atoms with Crippen LogP contribution in [0.1, 0.15) is 25.5 Å². The van der Waals surface area contributed by atoms with Gasteiger partial charge in [-0.1, -0.05) is 41.4 Å². The van der Waals surface area contributed by atoms with Gasteiger partial charge in [0.25, 0.3) is 0 Å². The Balaban J connectivity index is 2.42. The van der Waals surface area contributed by atoms with Crippen LogP contribution in [0.2, 0.25) is 5.02 Å². The van der Waals surface area contributed by atoms with Gasteiger partial charge in [0.2, 0.25) is 0 Å². The lowest BCUT2D eigenvalue weighted by molar-refractivity contribution is 0.0385. The summed E-state index contributed by atoms with van der Waals surface area (Å²) in [7, 11) is 0. The molecule has 0 unspecified atom stereocenters. The summed E-state index contributed by atoms with van der Waals surface area (Å²) in [6.07, 6.45) is -0.388. The topological polar surface area (TPSA) is 38.3 Å². The Bertz CT molecular complexity index is 462. The minimum absolute atomic E-state index is 0.114. The maximum atomic E-state index is 11.3. The molecule has 0 spiro atoms. The van der Waals surface area contributed by atoms with Crippen LogP contribution in [0.4, 0.5) is 4.79 Å². The summed E-state index contributed by atoms with van der Waals surface area (Å²) >= 11 is 9.49. The minimum atomic E-state index is -0.388. The average molecular weight is 319 g/mol. The Morgan fingerprint density at radius 2 is 2.24 bits per heavy atom. The van der Waals surface area contributed by atoms with E-state index in [0.717, 1.165) is 10.0 Å². The number of carbonyl (C=O) groups excluding carboxylic acids is 1. The van der Waals surface area contributed by atoms with Crippen LogP contribution in [0.25, 0.3) is 0 Å². The number of hydrogen-bond donors (Lipinski definition) is 1. The van der Waals surface area contributed by atoms with Crippen LogP contribution < -0.4 is 5.32 Å². The molecule has 0 saturated carbocycles. The van der Waals surface area contributed by atoms with Crippen LogP contribution in [0.3, 0.4) is 0 Å². The second-order valence-corrected chi connectivity index (χ2v) is 6.10. The number of cyclic esters (lactones) is 1. The zero-order chi connectivity index (χ0) is 12.6. The van der Waals surface area contributed by atoms with Crippen molar-refractivity contribution in [3.63, 3.8) is 0 Å². The number of nitrogens with one attached hydrogen (secondary N) is 1. The molecule has 0 bridgehead atoms. The fraction of sp³-hybridized carbons (Fsp3) is 0.417. The third-order valence-corrected chi connectivity index (χ3v) is 3.85. The second kappa shape index (κ2) is 4.50. The summed E-state index contributed by atoms with van der Waals surface area (Å²) in [5.74, 6) is 0. The van der Waals surface area contributed by atoms with Gasteiger partial charge < -0.3 is 10.1 Å². The molecule has 17 heavy (non-hydrogen) atoms. The van der Waals surface area contributed by atoms with E-state index in [4.69, 9.17) is 16.3 Å². The average Bonchev–Trinajstić information content (AvgIpc) is 2.26. The number of alkyl carbamates (subject to hydrolysis) is 1. The SMILES string of the molecule is CC1(C)COC(=O)N[C@H]1c1cc(Cl)ccc1Br. The summed E-state index contributed by atoms with van der Waals surface area (Å²) < 4.78 is 5.95. The Hall–Kier alpha value is -0.740. The molecule has 1 aromatic rings. The van der Waals surface area contributed by atoms with Crippen molar-refractivity contribution in [3.8, 4) is 0 Å². The molecule has 2 rings (SSSR count). The van der Waals surface area contributed by atoms with E-state index in [2.05, 4.69) is 21.2 Å². The van der Waals surface area contributed by atoms with E-state index in [1.807, 2.05) is 32.0 Å². The molecule has 1 atom stereocenters. The van der Waals surface area contributed by atoms with E-state index < -0.39 is 0 Å². The van der Waals surface area contributed by atoms with Crippen LogP contribution in [0.15, 0.2) is 22.7 Å². The lowest BCUT2D eigenvalue weighted by Crippen LogP contribution is -2.47. The van der Waals surface area contributed by atoms with Crippen molar-refractivity contribution in [1.29, 1.82) is 0 Å². The van der Waals surface area contributed by atoms with Gasteiger partial charge >= 0.3 is 6.09 Å². The second-order valence-electron chi connectivity index (χ2n) is 4.81. The fourth-order valence-electron chi connectivity index (χ4n) is 1.92. The lowest BCUT2D eigenvalue weighted by atomic mass is 9.80. The zero-order valence-corrected chi connectivity index (χ0v) is 11.9. The first-order valence-corrected chi connectivity index (χ1v) is 6.45. The van der Waals surface area contributed by atoms with Crippen molar-refractivity contribution in [2.75, 3.05) is 6.61 Å². The molecule has 1 aliphatic rings. The van der Waals surface area contributed by atoms with Gasteiger partial charge in [0.15, 0.2) is 0 Å². The molecule has 1 aromatic carbocycles. The number of hydrogen-bond acceptors (Lipinski definition) is 2. The molecular weight excluding hydrogens is 305 g/mol. The molecule has 0 radical (unpaired) electrons. The van der Waals surface area contributed by atoms with E-state index in [-0.39, 0.29) is 17.6 Å². The summed E-state index contributed by atoms with van der Waals surface area (Å²) in [5.41, 5.74) is 0.792. The van der Waals surface area contributed by atoms with Crippen molar-refractivity contribution >= 4 is 33.6 Å². The van der Waals surface area contributed by atoms with Crippen molar-refractivity contribution < 1.29 is 9.53 Å². The van der Waals surface area contributed by atoms with E-state index >= 15 is 0 Å². The normalized spacial score (nSPS) is 22.8. The van der Waals surface area contributed by atoms with Crippen molar-refractivity contribution in [2.24, 2.45) is 5.41 Å². The van der Waals surface area contributed by atoms with E-state index in [9.17, 15) is 4.79 Å². The summed E-state index contributed by atoms with van der Waals surface area (Å²) in [6, 6.07) is 5.44. The molecule has 3 nitrogen and oxygen atoms in total.